The molecule has 0 bridgehead atoms. The molecule has 17 heavy (non-hydrogen) atoms. The van der Waals surface area contributed by atoms with Crippen molar-refractivity contribution in [1.29, 1.82) is 0 Å². The third kappa shape index (κ3) is 3.04. The molecule has 0 saturated carbocycles. The Balaban J connectivity index is 2.02. The first-order valence-electron chi connectivity index (χ1n) is 4.90. The van der Waals surface area contributed by atoms with Crippen molar-refractivity contribution in [3.05, 3.63) is 17.5 Å². The van der Waals surface area contributed by atoms with E-state index < -0.39 is 0 Å². The summed E-state index contributed by atoms with van der Waals surface area (Å²) in [6, 6.07) is 1.57. The molecule has 0 saturated heterocycles. The van der Waals surface area contributed by atoms with Crippen LogP contribution in [0.3, 0.4) is 0 Å². The summed E-state index contributed by atoms with van der Waals surface area (Å²) in [4.78, 5) is 11.7. The van der Waals surface area contributed by atoms with Crippen LogP contribution in [0, 0.1) is 6.92 Å². The fraction of sp³-hybridized carbons (Fsp3) is 0.333. The average molecular weight is 270 g/mol. The molecule has 2 heterocycles. The molecular weight excluding hydrogens is 260 g/mol. The molecule has 90 valence electrons. The quantitative estimate of drug-likeness (QED) is 0.677. The second-order valence-corrected chi connectivity index (χ2v) is 5.58. The Labute approximate surface area is 106 Å². The maximum Gasteiger partial charge on any atom is 0.296 e. The number of rotatable bonds is 4. The Bertz CT molecular complexity index is 523. The van der Waals surface area contributed by atoms with Crippen molar-refractivity contribution >= 4 is 34.1 Å². The largest absolute Gasteiger partial charge is 0.351 e. The summed E-state index contributed by atoms with van der Waals surface area (Å²) >= 11 is 2.91. The number of hydrogen-bond donors (Lipinski definition) is 1. The van der Waals surface area contributed by atoms with Crippen LogP contribution in [0.2, 0.25) is 0 Å². The molecule has 2 aromatic rings. The van der Waals surface area contributed by atoms with E-state index in [0.29, 0.717) is 10.8 Å². The van der Waals surface area contributed by atoms with Gasteiger partial charge in [0.2, 0.25) is 10.9 Å². The van der Waals surface area contributed by atoms with E-state index in [0.717, 1.165) is 10.1 Å². The minimum absolute atomic E-state index is 0.169. The third-order valence-corrected chi connectivity index (χ3v) is 3.60. The third-order valence-electron chi connectivity index (χ3n) is 1.75. The minimum atomic E-state index is -0.366. The Morgan fingerprint density at radius 1 is 1.59 bits per heavy atom. The van der Waals surface area contributed by atoms with E-state index in [9.17, 15) is 4.79 Å². The van der Waals surface area contributed by atoms with Crippen LogP contribution < -0.4 is 5.32 Å². The maximum atomic E-state index is 11.7. The monoisotopic (exact) mass is 270 g/mol. The van der Waals surface area contributed by atoms with Crippen LogP contribution >= 0.6 is 23.1 Å². The summed E-state index contributed by atoms with van der Waals surface area (Å²) in [7, 11) is 0. The summed E-state index contributed by atoms with van der Waals surface area (Å²) in [6.07, 6.45) is 0. The molecule has 0 spiro atoms. The van der Waals surface area contributed by atoms with Gasteiger partial charge in [0.15, 0.2) is 4.34 Å². The number of aromatic nitrogens is 3. The second-order valence-electron chi connectivity index (χ2n) is 3.09. The number of nitrogens with one attached hydrogen (secondary N) is 1. The highest BCUT2D eigenvalue weighted by molar-refractivity contribution is 8.01. The lowest BCUT2D eigenvalue weighted by Crippen LogP contribution is -2.10. The van der Waals surface area contributed by atoms with Crippen LogP contribution in [0.4, 0.5) is 5.13 Å². The number of carbonyl (C=O) groups is 1. The van der Waals surface area contributed by atoms with Gasteiger partial charge in [-0.3, -0.25) is 10.1 Å². The number of amides is 1. The molecule has 0 aliphatic carbocycles. The highest BCUT2D eigenvalue weighted by Gasteiger charge is 2.14. The van der Waals surface area contributed by atoms with Gasteiger partial charge in [0.05, 0.1) is 5.69 Å². The van der Waals surface area contributed by atoms with Crippen molar-refractivity contribution < 1.29 is 9.32 Å². The standard InChI is InChI=1S/C9H10N4O2S2/c1-3-16-9-12-11-8(17-9)10-7(14)6-4-5(2)13-15-6/h4H,3H2,1-2H3,(H,10,11,14). The first-order chi connectivity index (χ1) is 8.19. The van der Waals surface area contributed by atoms with E-state index >= 15 is 0 Å². The van der Waals surface area contributed by atoms with Gasteiger partial charge in [-0.05, 0) is 12.7 Å². The molecule has 2 aromatic heterocycles. The summed E-state index contributed by atoms with van der Waals surface area (Å²) in [5.41, 5.74) is 0.662. The van der Waals surface area contributed by atoms with Crippen molar-refractivity contribution in [2.75, 3.05) is 11.1 Å². The van der Waals surface area contributed by atoms with Gasteiger partial charge in [0, 0.05) is 6.07 Å². The summed E-state index contributed by atoms with van der Waals surface area (Å²) in [5, 5.41) is 14.5. The smallest absolute Gasteiger partial charge is 0.296 e. The molecular formula is C9H10N4O2S2. The first-order valence-corrected chi connectivity index (χ1v) is 6.70. The van der Waals surface area contributed by atoms with Gasteiger partial charge in [-0.1, -0.05) is 35.2 Å². The zero-order chi connectivity index (χ0) is 12.3. The molecule has 0 unspecified atom stereocenters. The molecule has 2 rings (SSSR count). The van der Waals surface area contributed by atoms with E-state index in [1.807, 2.05) is 6.92 Å². The zero-order valence-electron chi connectivity index (χ0n) is 9.26. The minimum Gasteiger partial charge on any atom is -0.351 e. The molecule has 6 nitrogen and oxygen atoms in total. The van der Waals surface area contributed by atoms with Gasteiger partial charge in [-0.2, -0.15) is 0 Å². The number of thioether (sulfide) groups is 1. The van der Waals surface area contributed by atoms with Crippen LogP contribution in [-0.2, 0) is 0 Å². The van der Waals surface area contributed by atoms with Gasteiger partial charge in [-0.15, -0.1) is 10.2 Å². The van der Waals surface area contributed by atoms with E-state index in [4.69, 9.17) is 4.52 Å². The second kappa shape index (κ2) is 5.28. The van der Waals surface area contributed by atoms with Crippen molar-refractivity contribution in [1.82, 2.24) is 15.4 Å². The Morgan fingerprint density at radius 2 is 2.41 bits per heavy atom. The molecule has 0 aromatic carbocycles. The van der Waals surface area contributed by atoms with Crippen molar-refractivity contribution in [2.45, 2.75) is 18.2 Å². The number of aryl methyl sites for hydroxylation is 1. The lowest BCUT2D eigenvalue weighted by molar-refractivity contribution is 0.0988. The molecule has 1 N–H and O–H groups in total. The molecule has 1 amide bonds. The van der Waals surface area contributed by atoms with Crippen molar-refractivity contribution in [3.8, 4) is 0 Å². The predicted octanol–water partition coefficient (Wildman–Crippen LogP) is 2.20. The van der Waals surface area contributed by atoms with Gasteiger partial charge in [0.1, 0.15) is 0 Å². The molecule has 0 radical (unpaired) electrons. The van der Waals surface area contributed by atoms with E-state index in [2.05, 4.69) is 20.7 Å². The normalized spacial score (nSPS) is 10.5. The molecule has 8 heteroatoms. The molecule has 0 aliphatic rings. The van der Waals surface area contributed by atoms with E-state index in [1.165, 1.54) is 11.3 Å². The Morgan fingerprint density at radius 3 is 3.06 bits per heavy atom. The van der Waals surface area contributed by atoms with Crippen molar-refractivity contribution in [3.63, 3.8) is 0 Å². The average Bonchev–Trinajstić information content (AvgIpc) is 2.88. The summed E-state index contributed by atoms with van der Waals surface area (Å²) in [6.45, 7) is 3.78. The van der Waals surface area contributed by atoms with E-state index in [1.54, 1.807) is 24.8 Å². The van der Waals surface area contributed by atoms with Gasteiger partial charge < -0.3 is 4.52 Å². The number of carbonyl (C=O) groups excluding carboxylic acids is 1. The Hall–Kier alpha value is -1.41. The van der Waals surface area contributed by atoms with Crippen molar-refractivity contribution in [2.24, 2.45) is 0 Å². The van der Waals surface area contributed by atoms with Crippen LogP contribution in [0.25, 0.3) is 0 Å². The van der Waals surface area contributed by atoms with Crippen LogP contribution in [0.5, 0.6) is 0 Å². The lowest BCUT2D eigenvalue weighted by atomic mass is 10.4. The van der Waals surface area contributed by atoms with Crippen LogP contribution in [0.15, 0.2) is 14.9 Å². The highest BCUT2D eigenvalue weighted by Crippen LogP contribution is 2.25. The topological polar surface area (TPSA) is 80.9 Å². The summed E-state index contributed by atoms with van der Waals surface area (Å²) < 4.78 is 5.67. The number of hydrogen-bond acceptors (Lipinski definition) is 7. The van der Waals surface area contributed by atoms with E-state index in [-0.39, 0.29) is 11.7 Å². The molecule has 0 fully saturated rings. The zero-order valence-corrected chi connectivity index (χ0v) is 10.9. The summed E-state index contributed by atoms with van der Waals surface area (Å²) in [5.74, 6) is 0.723. The predicted molar refractivity (Wildman–Crippen MR) is 65.5 cm³/mol. The fourth-order valence-electron chi connectivity index (χ4n) is 1.07. The number of anilines is 1. The highest BCUT2D eigenvalue weighted by atomic mass is 32.2. The first kappa shape index (κ1) is 12.1. The van der Waals surface area contributed by atoms with Crippen LogP contribution in [0.1, 0.15) is 23.2 Å². The van der Waals surface area contributed by atoms with Gasteiger partial charge in [-0.25, -0.2) is 0 Å². The maximum absolute atomic E-state index is 11.7. The fourth-order valence-corrected chi connectivity index (χ4v) is 2.72. The van der Waals surface area contributed by atoms with Gasteiger partial charge >= 0.3 is 0 Å². The molecule has 0 atom stereocenters. The lowest BCUT2D eigenvalue weighted by Gasteiger charge is -1.94. The SMILES string of the molecule is CCSc1nnc(NC(=O)c2cc(C)no2)s1. The Kier molecular flexibility index (Phi) is 3.75. The number of nitrogens with zero attached hydrogens (tertiary/aromatic N) is 3. The van der Waals surface area contributed by atoms with Gasteiger partial charge in [0.25, 0.3) is 5.91 Å². The van der Waals surface area contributed by atoms with Crippen LogP contribution in [-0.4, -0.2) is 27.0 Å². The molecule has 0 aliphatic heterocycles.